The van der Waals surface area contributed by atoms with Crippen LogP contribution in [0.2, 0.25) is 0 Å². The third kappa shape index (κ3) is 3.86. The smallest absolute Gasteiger partial charge is 0.195 e. The normalized spacial score (nSPS) is 20.2. The first-order valence-electron chi connectivity index (χ1n) is 11.5. The van der Waals surface area contributed by atoms with Gasteiger partial charge in [0.05, 0.1) is 10.5 Å². The van der Waals surface area contributed by atoms with Crippen molar-refractivity contribution in [2.45, 2.75) is 57.5 Å². The lowest BCUT2D eigenvalue weighted by Crippen LogP contribution is -2.34. The Kier molecular flexibility index (Phi) is 5.97. The molecule has 0 amide bonds. The maximum atomic E-state index is 13.7. The molecule has 33 heavy (non-hydrogen) atoms. The van der Waals surface area contributed by atoms with Gasteiger partial charge in [-0.25, -0.2) is 0 Å². The van der Waals surface area contributed by atoms with Crippen LogP contribution < -0.4 is 4.74 Å². The van der Waals surface area contributed by atoms with Gasteiger partial charge in [0, 0.05) is 46.6 Å². The number of rotatable bonds is 3. The van der Waals surface area contributed by atoms with Crippen molar-refractivity contribution in [2.75, 3.05) is 19.3 Å². The van der Waals surface area contributed by atoms with Gasteiger partial charge >= 0.3 is 0 Å². The Balaban J connectivity index is 1.54. The van der Waals surface area contributed by atoms with E-state index in [1.807, 2.05) is 12.1 Å². The first kappa shape index (κ1) is 22.8. The van der Waals surface area contributed by atoms with Crippen LogP contribution in [0.3, 0.4) is 0 Å². The molecule has 2 aromatic rings. The zero-order chi connectivity index (χ0) is 23.3. The number of nitriles is 1. The van der Waals surface area contributed by atoms with Crippen molar-refractivity contribution in [3.05, 3.63) is 55.8 Å². The maximum absolute atomic E-state index is 13.7. The summed E-state index contributed by atoms with van der Waals surface area (Å²) in [5.41, 5.74) is 5.81. The Labute approximate surface area is 207 Å². The Hall–Kier alpha value is -2.01. The van der Waals surface area contributed by atoms with Crippen molar-refractivity contribution in [1.29, 1.82) is 5.26 Å². The fourth-order valence-electron chi connectivity index (χ4n) is 5.38. The molecule has 3 aliphatic rings. The number of aromatic nitrogens is 1. The molecule has 0 unspecified atom stereocenters. The van der Waals surface area contributed by atoms with Gasteiger partial charge < -0.3 is 9.72 Å². The number of nitrogens with one attached hydrogen (secondary N) is 1. The largest absolute Gasteiger partial charge is 0.489 e. The number of carbonyl (C=O) groups excluding carboxylic acids is 1. The fraction of sp³-hybridized carbons (Fsp3) is 0.462. The molecular weight excluding hydrogens is 498 g/mol. The number of ketones is 1. The number of nitrogens with zero attached hydrogens (tertiary/aromatic N) is 2. The number of halogens is 1. The topological polar surface area (TPSA) is 69.1 Å². The molecular formula is C26H28BrN3O2S. The molecule has 2 heterocycles. The summed E-state index contributed by atoms with van der Waals surface area (Å²) in [6, 6.07) is 6.31. The molecule has 1 saturated heterocycles. The molecule has 7 heteroatoms. The van der Waals surface area contributed by atoms with E-state index in [1.54, 1.807) is 11.9 Å². The van der Waals surface area contributed by atoms with Crippen molar-refractivity contribution in [1.82, 2.24) is 9.29 Å². The predicted molar refractivity (Wildman–Crippen MR) is 136 cm³/mol. The minimum absolute atomic E-state index is 0.0613. The molecule has 5 nitrogen and oxygen atoms in total. The van der Waals surface area contributed by atoms with Gasteiger partial charge in [-0.1, -0.05) is 25.8 Å². The molecule has 0 radical (unpaired) electrons. The molecule has 0 bridgehead atoms. The highest BCUT2D eigenvalue weighted by Crippen LogP contribution is 2.47. The number of ether oxygens (including phenoxy) is 1. The number of piperidine rings is 1. The molecule has 2 aliphatic carbocycles. The summed E-state index contributed by atoms with van der Waals surface area (Å²) in [6.45, 7) is 6.37. The molecule has 1 aromatic heterocycles. The number of benzene rings is 1. The van der Waals surface area contributed by atoms with Crippen LogP contribution in [0.15, 0.2) is 22.2 Å². The number of hydrogen-bond acceptors (Lipinski definition) is 5. The molecule has 5 rings (SSSR count). The van der Waals surface area contributed by atoms with Gasteiger partial charge in [0.1, 0.15) is 11.9 Å². The summed E-state index contributed by atoms with van der Waals surface area (Å²) in [7, 11) is 0. The average Bonchev–Trinajstić information content (AvgIpc) is 3.05. The lowest BCUT2D eigenvalue weighted by atomic mass is 9.71. The van der Waals surface area contributed by atoms with Gasteiger partial charge in [-0.2, -0.15) is 5.26 Å². The highest BCUT2D eigenvalue weighted by molar-refractivity contribution is 9.10. The number of hydrogen-bond donors (Lipinski definition) is 1. The first-order valence-corrected chi connectivity index (χ1v) is 13.5. The van der Waals surface area contributed by atoms with Crippen LogP contribution in [-0.2, 0) is 11.8 Å². The summed E-state index contributed by atoms with van der Waals surface area (Å²) >= 11 is 5.47. The average molecular weight is 527 g/mol. The lowest BCUT2D eigenvalue weighted by Gasteiger charge is -2.34. The zero-order valence-electron chi connectivity index (χ0n) is 19.3. The third-order valence-corrected chi connectivity index (χ3v) is 8.77. The Morgan fingerprint density at radius 1 is 1.27 bits per heavy atom. The van der Waals surface area contributed by atoms with E-state index in [9.17, 15) is 10.1 Å². The van der Waals surface area contributed by atoms with Crippen molar-refractivity contribution in [3.8, 4) is 11.8 Å². The van der Waals surface area contributed by atoms with Crippen molar-refractivity contribution < 1.29 is 9.53 Å². The second-order valence-electron chi connectivity index (χ2n) is 9.61. The van der Waals surface area contributed by atoms with Gasteiger partial charge in [-0.3, -0.25) is 9.10 Å². The second-order valence-corrected chi connectivity index (χ2v) is 11.3. The van der Waals surface area contributed by atoms with Crippen LogP contribution in [0, 0.1) is 11.3 Å². The second kappa shape index (κ2) is 8.65. The molecule has 0 atom stereocenters. The molecule has 0 saturated carbocycles. The summed E-state index contributed by atoms with van der Waals surface area (Å²) in [5, 5.41) is 9.44. The quantitative estimate of drug-likeness (QED) is 0.496. The molecule has 172 valence electrons. The van der Waals surface area contributed by atoms with Gasteiger partial charge in [0.2, 0.25) is 0 Å². The van der Waals surface area contributed by atoms with E-state index in [1.165, 1.54) is 0 Å². The lowest BCUT2D eigenvalue weighted by molar-refractivity contribution is 0.102. The summed E-state index contributed by atoms with van der Waals surface area (Å²) in [4.78, 5) is 17.3. The van der Waals surface area contributed by atoms with E-state index in [0.717, 1.165) is 94.6 Å². The van der Waals surface area contributed by atoms with Crippen LogP contribution in [0.25, 0.3) is 6.08 Å². The van der Waals surface area contributed by atoms with Gasteiger partial charge in [-0.15, -0.1) is 0 Å². The van der Waals surface area contributed by atoms with Crippen LogP contribution in [0.4, 0.5) is 0 Å². The number of fused-ring (bicyclic) bond motifs is 4. The molecule has 1 N–H and O–H groups in total. The van der Waals surface area contributed by atoms with Crippen LogP contribution >= 0.6 is 27.9 Å². The Morgan fingerprint density at radius 3 is 2.73 bits per heavy atom. The Morgan fingerprint density at radius 2 is 2.03 bits per heavy atom. The maximum Gasteiger partial charge on any atom is 0.195 e. The third-order valence-electron chi connectivity index (χ3n) is 7.27. The van der Waals surface area contributed by atoms with Crippen molar-refractivity contribution >= 4 is 39.7 Å². The molecule has 1 aromatic carbocycles. The predicted octanol–water partition coefficient (Wildman–Crippen LogP) is 6.01. The molecule has 1 aliphatic heterocycles. The molecule has 1 fully saturated rings. The van der Waals surface area contributed by atoms with E-state index < -0.39 is 0 Å². The number of H-pyrrole nitrogens is 1. The fourth-order valence-corrected chi connectivity index (χ4v) is 6.39. The monoisotopic (exact) mass is 525 g/mol. The van der Waals surface area contributed by atoms with E-state index in [-0.39, 0.29) is 17.3 Å². The van der Waals surface area contributed by atoms with Gasteiger partial charge in [0.15, 0.2) is 5.78 Å². The van der Waals surface area contributed by atoms with Gasteiger partial charge in [0.25, 0.3) is 0 Å². The van der Waals surface area contributed by atoms with E-state index in [0.29, 0.717) is 0 Å². The van der Waals surface area contributed by atoms with E-state index >= 15 is 0 Å². The van der Waals surface area contributed by atoms with Crippen LogP contribution in [0.5, 0.6) is 5.75 Å². The van der Waals surface area contributed by atoms with Crippen molar-refractivity contribution in [3.63, 3.8) is 0 Å². The van der Waals surface area contributed by atoms with Crippen LogP contribution in [-0.4, -0.2) is 40.5 Å². The van der Waals surface area contributed by atoms with Gasteiger partial charge in [-0.05, 0) is 83.6 Å². The number of aromatic amines is 1. The van der Waals surface area contributed by atoms with Crippen LogP contribution in [0.1, 0.15) is 78.0 Å². The van der Waals surface area contributed by atoms with Crippen molar-refractivity contribution in [2.24, 2.45) is 0 Å². The van der Waals surface area contributed by atoms with E-state index in [4.69, 9.17) is 4.74 Å². The standard InChI is InChI=1S/C26H28BrN3O2S/c1-26(2)19-13-22(32-16-7-9-30(33-3)10-8-16)20(27)12-18(19)24(31)23-17-6-4-5-15(14-28)11-21(17)29-25(23)26/h11-13,16,29H,4-10H2,1-3H3. The SMILES string of the molecule is CSN1CCC(Oc2cc3c(cc2Br)C(=O)c2c([nH]c4c2CCCC(C#N)=C4)C3(C)C)CC1. The minimum Gasteiger partial charge on any atom is -0.489 e. The highest BCUT2D eigenvalue weighted by Gasteiger charge is 2.41. The van der Waals surface area contributed by atoms with E-state index in [2.05, 4.69) is 57.5 Å². The Bertz CT molecular complexity index is 1200. The molecule has 0 spiro atoms. The minimum atomic E-state index is -0.382. The number of allylic oxidation sites excluding steroid dienone is 1. The zero-order valence-corrected chi connectivity index (χ0v) is 21.7. The summed E-state index contributed by atoms with van der Waals surface area (Å²) in [6.07, 6.45) is 8.65. The highest BCUT2D eigenvalue weighted by atomic mass is 79.9. The number of carbonyl (C=O) groups is 1. The first-order chi connectivity index (χ1) is 15.8. The summed E-state index contributed by atoms with van der Waals surface area (Å²) in [5.74, 6) is 0.867. The summed E-state index contributed by atoms with van der Waals surface area (Å²) < 4.78 is 9.63.